The van der Waals surface area contributed by atoms with E-state index in [4.69, 9.17) is 9.84 Å². The quantitative estimate of drug-likeness (QED) is 0.839. The third-order valence-corrected chi connectivity index (χ3v) is 2.40. The van der Waals surface area contributed by atoms with Gasteiger partial charge in [0, 0.05) is 0 Å². The summed E-state index contributed by atoms with van der Waals surface area (Å²) in [6.45, 7) is 3.40. The Morgan fingerprint density at radius 2 is 2.06 bits per heavy atom. The average Bonchev–Trinajstić information content (AvgIpc) is 2.20. The van der Waals surface area contributed by atoms with Crippen LogP contribution in [0.3, 0.4) is 0 Å². The van der Waals surface area contributed by atoms with Gasteiger partial charge in [0.1, 0.15) is 0 Å². The number of halogens is 1. The van der Waals surface area contributed by atoms with Gasteiger partial charge in [0.2, 0.25) is 0 Å². The molecule has 0 fully saturated rings. The maximum absolute atomic E-state index is 13.1. The van der Waals surface area contributed by atoms with Crippen molar-refractivity contribution in [3.8, 4) is 5.75 Å². The van der Waals surface area contributed by atoms with Gasteiger partial charge in [-0.3, -0.25) is 4.79 Å². The molecule has 0 heterocycles. The van der Waals surface area contributed by atoms with Gasteiger partial charge in [-0.25, -0.2) is 4.39 Å². The molecule has 0 atom stereocenters. The average molecular weight is 226 g/mol. The van der Waals surface area contributed by atoms with E-state index < -0.39 is 17.2 Å². The molecule has 0 saturated heterocycles. The highest BCUT2D eigenvalue weighted by atomic mass is 19.1. The Hall–Kier alpha value is -1.58. The minimum absolute atomic E-state index is 0.156. The number of rotatable bonds is 5. The van der Waals surface area contributed by atoms with Crippen molar-refractivity contribution >= 4 is 5.97 Å². The van der Waals surface area contributed by atoms with Crippen LogP contribution in [0, 0.1) is 11.2 Å². The SMILES string of the molecule is CC(C)(CCOc1ccccc1F)C(=O)O. The van der Waals surface area contributed by atoms with Crippen LogP contribution in [-0.2, 0) is 4.79 Å². The Morgan fingerprint density at radius 3 is 2.62 bits per heavy atom. The summed E-state index contributed by atoms with van der Waals surface area (Å²) < 4.78 is 18.3. The first kappa shape index (κ1) is 12.5. The molecule has 0 spiro atoms. The lowest BCUT2D eigenvalue weighted by atomic mass is 9.90. The van der Waals surface area contributed by atoms with Crippen molar-refractivity contribution in [2.75, 3.05) is 6.61 Å². The van der Waals surface area contributed by atoms with Crippen LogP contribution in [0.15, 0.2) is 24.3 Å². The monoisotopic (exact) mass is 226 g/mol. The first-order valence-electron chi connectivity index (χ1n) is 5.04. The Bertz CT molecular complexity index is 374. The summed E-state index contributed by atoms with van der Waals surface area (Å²) in [4.78, 5) is 10.8. The Kier molecular flexibility index (Phi) is 3.88. The standard InChI is InChI=1S/C12H15FO3/c1-12(2,11(14)15)7-8-16-10-6-4-3-5-9(10)13/h3-6H,7-8H2,1-2H3,(H,14,15). The first-order valence-corrected chi connectivity index (χ1v) is 5.04. The maximum atomic E-state index is 13.1. The molecule has 88 valence electrons. The van der Waals surface area contributed by atoms with Crippen molar-refractivity contribution in [2.24, 2.45) is 5.41 Å². The molecule has 16 heavy (non-hydrogen) atoms. The first-order chi connectivity index (χ1) is 7.43. The summed E-state index contributed by atoms with van der Waals surface area (Å²) in [5.41, 5.74) is -0.856. The number of hydrogen-bond acceptors (Lipinski definition) is 2. The smallest absolute Gasteiger partial charge is 0.309 e. The third-order valence-electron chi connectivity index (χ3n) is 2.40. The number of carboxylic acids is 1. The van der Waals surface area contributed by atoms with Crippen LogP contribution in [0.25, 0.3) is 0 Å². The highest BCUT2D eigenvalue weighted by molar-refractivity contribution is 5.73. The summed E-state index contributed by atoms with van der Waals surface area (Å²) in [5.74, 6) is -1.16. The van der Waals surface area contributed by atoms with Crippen molar-refractivity contribution < 1.29 is 19.0 Å². The number of ether oxygens (including phenoxy) is 1. The highest BCUT2D eigenvalue weighted by Gasteiger charge is 2.26. The van der Waals surface area contributed by atoms with Crippen LogP contribution < -0.4 is 4.74 Å². The van der Waals surface area contributed by atoms with E-state index in [-0.39, 0.29) is 12.4 Å². The third kappa shape index (κ3) is 3.22. The fourth-order valence-corrected chi connectivity index (χ4v) is 1.08. The minimum Gasteiger partial charge on any atom is -0.490 e. The van der Waals surface area contributed by atoms with Crippen molar-refractivity contribution in [1.29, 1.82) is 0 Å². The van der Waals surface area contributed by atoms with E-state index in [1.54, 1.807) is 26.0 Å². The van der Waals surface area contributed by atoms with E-state index in [1.807, 2.05) is 0 Å². The lowest BCUT2D eigenvalue weighted by molar-refractivity contribution is -0.147. The molecule has 0 aromatic heterocycles. The summed E-state index contributed by atoms with van der Waals surface area (Å²) in [6, 6.07) is 6.06. The molecule has 0 unspecified atom stereocenters. The van der Waals surface area contributed by atoms with E-state index in [0.29, 0.717) is 6.42 Å². The van der Waals surface area contributed by atoms with Crippen molar-refractivity contribution in [1.82, 2.24) is 0 Å². The molecule has 4 heteroatoms. The summed E-state index contributed by atoms with van der Waals surface area (Å²) in [5, 5.41) is 8.86. The molecule has 0 radical (unpaired) electrons. The fraction of sp³-hybridized carbons (Fsp3) is 0.417. The summed E-state index contributed by atoms with van der Waals surface area (Å²) >= 11 is 0. The molecule has 0 amide bonds. The van der Waals surface area contributed by atoms with E-state index >= 15 is 0 Å². The molecule has 1 N–H and O–H groups in total. The fourth-order valence-electron chi connectivity index (χ4n) is 1.08. The number of carbonyl (C=O) groups is 1. The lowest BCUT2D eigenvalue weighted by Gasteiger charge is -2.18. The molecular formula is C12H15FO3. The van der Waals surface area contributed by atoms with E-state index in [0.717, 1.165) is 0 Å². The van der Waals surface area contributed by atoms with Gasteiger partial charge in [-0.1, -0.05) is 12.1 Å². The number of hydrogen-bond donors (Lipinski definition) is 1. The Balaban J connectivity index is 2.48. The van der Waals surface area contributed by atoms with Gasteiger partial charge in [-0.2, -0.15) is 0 Å². The molecule has 1 rings (SSSR count). The van der Waals surface area contributed by atoms with Gasteiger partial charge >= 0.3 is 5.97 Å². The Labute approximate surface area is 93.9 Å². The summed E-state index contributed by atoms with van der Waals surface area (Å²) in [6.07, 6.45) is 0.330. The zero-order valence-corrected chi connectivity index (χ0v) is 9.37. The zero-order chi connectivity index (χ0) is 12.2. The second-order valence-electron chi connectivity index (χ2n) is 4.22. The van der Waals surface area contributed by atoms with Crippen LogP contribution in [0.4, 0.5) is 4.39 Å². The van der Waals surface area contributed by atoms with Gasteiger partial charge in [0.05, 0.1) is 12.0 Å². The zero-order valence-electron chi connectivity index (χ0n) is 9.37. The van der Waals surface area contributed by atoms with E-state index in [9.17, 15) is 9.18 Å². The van der Waals surface area contributed by atoms with Crippen LogP contribution in [0.1, 0.15) is 20.3 Å². The topological polar surface area (TPSA) is 46.5 Å². The molecule has 0 aliphatic rings. The molecule has 0 saturated carbocycles. The van der Waals surface area contributed by atoms with Gasteiger partial charge in [-0.05, 0) is 32.4 Å². The largest absolute Gasteiger partial charge is 0.490 e. The van der Waals surface area contributed by atoms with Crippen molar-refractivity contribution in [2.45, 2.75) is 20.3 Å². The van der Waals surface area contributed by atoms with Crippen molar-refractivity contribution in [3.63, 3.8) is 0 Å². The molecule has 3 nitrogen and oxygen atoms in total. The van der Waals surface area contributed by atoms with E-state index in [1.165, 1.54) is 12.1 Å². The van der Waals surface area contributed by atoms with Crippen LogP contribution >= 0.6 is 0 Å². The number of aliphatic carboxylic acids is 1. The minimum atomic E-state index is -0.885. The van der Waals surface area contributed by atoms with Gasteiger partial charge < -0.3 is 9.84 Å². The van der Waals surface area contributed by atoms with Gasteiger partial charge in [0.25, 0.3) is 0 Å². The normalized spacial score (nSPS) is 11.2. The maximum Gasteiger partial charge on any atom is 0.309 e. The highest BCUT2D eigenvalue weighted by Crippen LogP contribution is 2.22. The molecule has 1 aromatic carbocycles. The second-order valence-corrected chi connectivity index (χ2v) is 4.22. The predicted molar refractivity (Wildman–Crippen MR) is 57.9 cm³/mol. The van der Waals surface area contributed by atoms with Crippen LogP contribution in [0.2, 0.25) is 0 Å². The van der Waals surface area contributed by atoms with Crippen molar-refractivity contribution in [3.05, 3.63) is 30.1 Å². The Morgan fingerprint density at radius 1 is 1.44 bits per heavy atom. The number of para-hydroxylation sites is 1. The number of carboxylic acid groups (broad SMARTS) is 1. The van der Waals surface area contributed by atoms with Gasteiger partial charge in [-0.15, -0.1) is 0 Å². The molecular weight excluding hydrogens is 211 g/mol. The molecule has 0 bridgehead atoms. The van der Waals surface area contributed by atoms with Crippen LogP contribution in [0.5, 0.6) is 5.75 Å². The number of benzene rings is 1. The second kappa shape index (κ2) is 4.96. The van der Waals surface area contributed by atoms with E-state index in [2.05, 4.69) is 0 Å². The molecule has 1 aromatic rings. The predicted octanol–water partition coefficient (Wildman–Crippen LogP) is 2.71. The molecule has 0 aliphatic carbocycles. The molecule has 0 aliphatic heterocycles. The summed E-state index contributed by atoms with van der Waals surface area (Å²) in [7, 11) is 0. The van der Waals surface area contributed by atoms with Gasteiger partial charge in [0.15, 0.2) is 11.6 Å². The van der Waals surface area contributed by atoms with Crippen LogP contribution in [-0.4, -0.2) is 17.7 Å². The lowest BCUT2D eigenvalue weighted by Crippen LogP contribution is -2.25.